The lowest BCUT2D eigenvalue weighted by molar-refractivity contribution is 0.0594. The number of methoxy groups -OCH3 is 1. The number of benzene rings is 1. The maximum Gasteiger partial charge on any atom is 0.357 e. The van der Waals surface area contributed by atoms with Crippen molar-refractivity contribution in [2.45, 2.75) is 6.92 Å². The van der Waals surface area contributed by atoms with Crippen LogP contribution >= 0.6 is 11.3 Å². The van der Waals surface area contributed by atoms with E-state index in [1.807, 2.05) is 0 Å². The lowest BCUT2D eigenvalue weighted by Gasteiger charge is -2.01. The van der Waals surface area contributed by atoms with Crippen molar-refractivity contribution in [3.63, 3.8) is 0 Å². The minimum Gasteiger partial charge on any atom is -0.464 e. The number of ether oxygens (including phenoxy) is 1. The minimum atomic E-state index is -0.476. The van der Waals surface area contributed by atoms with Crippen LogP contribution in [0.15, 0.2) is 24.3 Å². The van der Waals surface area contributed by atoms with Gasteiger partial charge in [-0.2, -0.15) is 0 Å². The van der Waals surface area contributed by atoms with Crippen molar-refractivity contribution < 1.29 is 13.9 Å². The smallest absolute Gasteiger partial charge is 0.357 e. The molecule has 94 valence electrons. The Kier molecular flexibility index (Phi) is 3.57. The summed E-state index contributed by atoms with van der Waals surface area (Å²) < 4.78 is 17.6. The van der Waals surface area contributed by atoms with E-state index in [9.17, 15) is 9.18 Å². The van der Waals surface area contributed by atoms with Crippen molar-refractivity contribution >= 4 is 28.1 Å². The molecule has 1 aromatic carbocycles. The van der Waals surface area contributed by atoms with Crippen molar-refractivity contribution in [2.24, 2.45) is 0 Å². The van der Waals surface area contributed by atoms with E-state index in [-0.39, 0.29) is 11.5 Å². The molecule has 0 unspecified atom stereocenters. The summed E-state index contributed by atoms with van der Waals surface area (Å²) in [6.45, 7) is 1.78. The Morgan fingerprint density at radius 2 is 2.28 bits per heavy atom. The maximum absolute atomic E-state index is 13.0. The predicted molar refractivity (Wildman–Crippen MR) is 67.9 cm³/mol. The molecule has 0 saturated heterocycles. The number of anilines is 2. The molecule has 0 spiro atoms. The molecule has 0 amide bonds. The lowest BCUT2D eigenvalue weighted by Crippen LogP contribution is -2.03. The molecule has 0 aliphatic rings. The van der Waals surface area contributed by atoms with Gasteiger partial charge in [0.1, 0.15) is 5.82 Å². The Bertz CT molecular complexity index is 583. The van der Waals surface area contributed by atoms with Crippen LogP contribution in [0.4, 0.5) is 15.2 Å². The molecule has 1 aromatic heterocycles. The fourth-order valence-corrected chi connectivity index (χ4v) is 2.25. The summed E-state index contributed by atoms with van der Waals surface area (Å²) in [5, 5.41) is 3.47. The molecule has 2 rings (SSSR count). The second-order valence-corrected chi connectivity index (χ2v) is 4.75. The average molecular weight is 266 g/mol. The fourth-order valence-electron chi connectivity index (χ4n) is 1.43. The molecule has 0 atom stereocenters. The van der Waals surface area contributed by atoms with E-state index >= 15 is 0 Å². The number of nitrogens with one attached hydrogen (secondary N) is 1. The molecule has 0 aliphatic carbocycles. The molecule has 1 heterocycles. The maximum atomic E-state index is 13.0. The van der Waals surface area contributed by atoms with Gasteiger partial charge in [-0.3, -0.25) is 0 Å². The van der Waals surface area contributed by atoms with E-state index in [1.165, 1.54) is 30.6 Å². The van der Waals surface area contributed by atoms with Crippen molar-refractivity contribution in [1.29, 1.82) is 0 Å². The molecule has 18 heavy (non-hydrogen) atoms. The number of hydrogen-bond donors (Lipinski definition) is 1. The third-order valence-electron chi connectivity index (χ3n) is 2.25. The van der Waals surface area contributed by atoms with Gasteiger partial charge < -0.3 is 10.1 Å². The summed E-state index contributed by atoms with van der Waals surface area (Å²) in [7, 11) is 1.31. The predicted octanol–water partition coefficient (Wildman–Crippen LogP) is 3.12. The number of nitrogens with zero attached hydrogens (tertiary/aromatic N) is 1. The van der Waals surface area contributed by atoms with Crippen molar-refractivity contribution in [3.8, 4) is 0 Å². The second kappa shape index (κ2) is 5.14. The Labute approximate surface area is 107 Å². The molecule has 6 heteroatoms. The van der Waals surface area contributed by atoms with Crippen molar-refractivity contribution in [2.75, 3.05) is 12.4 Å². The first kappa shape index (κ1) is 12.5. The Morgan fingerprint density at radius 3 is 2.94 bits per heavy atom. The van der Waals surface area contributed by atoms with Crippen LogP contribution < -0.4 is 5.32 Å². The molecule has 2 aromatic rings. The summed E-state index contributed by atoms with van der Waals surface area (Å²) in [5.74, 6) is -0.808. The summed E-state index contributed by atoms with van der Waals surface area (Å²) >= 11 is 1.31. The first-order chi connectivity index (χ1) is 8.60. The highest BCUT2D eigenvalue weighted by molar-refractivity contribution is 7.15. The molecule has 0 radical (unpaired) electrons. The summed E-state index contributed by atoms with van der Waals surface area (Å²) in [6, 6.07) is 6.03. The van der Waals surface area contributed by atoms with Gasteiger partial charge in [-0.15, -0.1) is 11.3 Å². The van der Waals surface area contributed by atoms with E-state index in [4.69, 9.17) is 0 Å². The Morgan fingerprint density at radius 1 is 1.50 bits per heavy atom. The highest BCUT2D eigenvalue weighted by Gasteiger charge is 2.15. The first-order valence-electron chi connectivity index (χ1n) is 5.18. The first-order valence-corrected chi connectivity index (χ1v) is 6.00. The SMILES string of the molecule is COC(=O)c1nc(Nc2cccc(F)c2)sc1C. The van der Waals surface area contributed by atoms with Gasteiger partial charge in [-0.1, -0.05) is 6.07 Å². The molecule has 4 nitrogen and oxygen atoms in total. The number of esters is 1. The van der Waals surface area contributed by atoms with Gasteiger partial charge in [0.2, 0.25) is 0 Å². The number of halogens is 1. The number of thiazole rings is 1. The van der Waals surface area contributed by atoms with Crippen LogP contribution in [0, 0.1) is 12.7 Å². The van der Waals surface area contributed by atoms with Crippen LogP contribution in [0.1, 0.15) is 15.4 Å². The summed E-state index contributed by atoms with van der Waals surface area (Å²) in [6.07, 6.45) is 0. The molecule has 0 saturated carbocycles. The lowest BCUT2D eigenvalue weighted by atomic mass is 10.3. The van der Waals surface area contributed by atoms with E-state index < -0.39 is 5.97 Å². The third kappa shape index (κ3) is 2.65. The van der Waals surface area contributed by atoms with Gasteiger partial charge in [0.05, 0.1) is 7.11 Å². The van der Waals surface area contributed by atoms with Gasteiger partial charge in [-0.25, -0.2) is 14.2 Å². The second-order valence-electron chi connectivity index (χ2n) is 3.55. The molecular formula is C12H11FN2O2S. The van der Waals surface area contributed by atoms with Crippen LogP contribution in [0.2, 0.25) is 0 Å². The fraction of sp³-hybridized carbons (Fsp3) is 0.167. The monoisotopic (exact) mass is 266 g/mol. The normalized spacial score (nSPS) is 10.2. The molecule has 1 N–H and O–H groups in total. The topological polar surface area (TPSA) is 51.2 Å². The molecule has 0 aliphatic heterocycles. The Hall–Kier alpha value is -1.95. The zero-order valence-electron chi connectivity index (χ0n) is 9.86. The number of aryl methyl sites for hydroxylation is 1. The number of rotatable bonds is 3. The van der Waals surface area contributed by atoms with Crippen molar-refractivity contribution in [3.05, 3.63) is 40.7 Å². The number of hydrogen-bond acceptors (Lipinski definition) is 5. The molecular weight excluding hydrogens is 255 g/mol. The van der Waals surface area contributed by atoms with Crippen LogP contribution in [0.3, 0.4) is 0 Å². The van der Waals surface area contributed by atoms with Crippen LogP contribution in [-0.4, -0.2) is 18.1 Å². The van der Waals surface area contributed by atoms with Gasteiger partial charge in [-0.05, 0) is 25.1 Å². The highest BCUT2D eigenvalue weighted by Crippen LogP contribution is 2.25. The number of aromatic nitrogens is 1. The number of carbonyl (C=O) groups excluding carboxylic acids is 1. The zero-order valence-corrected chi connectivity index (χ0v) is 10.7. The quantitative estimate of drug-likeness (QED) is 0.867. The summed E-state index contributed by atoms with van der Waals surface area (Å²) in [5.41, 5.74) is 0.863. The van der Waals surface area contributed by atoms with Gasteiger partial charge in [0, 0.05) is 10.6 Å². The third-order valence-corrected chi connectivity index (χ3v) is 3.14. The average Bonchev–Trinajstić information content (AvgIpc) is 2.69. The van der Waals surface area contributed by atoms with Gasteiger partial charge in [0.25, 0.3) is 0 Å². The molecule has 0 bridgehead atoms. The summed E-state index contributed by atoms with van der Waals surface area (Å²) in [4.78, 5) is 16.3. The van der Waals surface area contributed by atoms with Gasteiger partial charge in [0.15, 0.2) is 10.8 Å². The largest absolute Gasteiger partial charge is 0.464 e. The zero-order chi connectivity index (χ0) is 13.1. The minimum absolute atomic E-state index is 0.279. The van der Waals surface area contributed by atoms with Crippen LogP contribution in [0.5, 0.6) is 0 Å². The van der Waals surface area contributed by atoms with E-state index in [1.54, 1.807) is 19.1 Å². The van der Waals surface area contributed by atoms with Crippen molar-refractivity contribution in [1.82, 2.24) is 4.98 Å². The van der Waals surface area contributed by atoms with E-state index in [0.29, 0.717) is 10.8 Å². The van der Waals surface area contributed by atoms with Gasteiger partial charge >= 0.3 is 5.97 Å². The standard InChI is InChI=1S/C12H11FN2O2S/c1-7-10(11(16)17-2)15-12(18-7)14-9-5-3-4-8(13)6-9/h3-6H,1-2H3,(H,14,15). The van der Waals surface area contributed by atoms with Crippen LogP contribution in [0.25, 0.3) is 0 Å². The number of carbonyl (C=O) groups is 1. The highest BCUT2D eigenvalue weighted by atomic mass is 32.1. The van der Waals surface area contributed by atoms with E-state index in [2.05, 4.69) is 15.0 Å². The molecule has 0 fully saturated rings. The Balaban J connectivity index is 2.23. The van der Waals surface area contributed by atoms with Crippen LogP contribution in [-0.2, 0) is 4.74 Å². The van der Waals surface area contributed by atoms with E-state index in [0.717, 1.165) is 4.88 Å².